The largest absolute Gasteiger partial charge is 0.380 e. The van der Waals surface area contributed by atoms with E-state index >= 15 is 0 Å². The smallest absolute Gasteiger partial charge is 0.255 e. The molecule has 3 heterocycles. The number of aliphatic imine (C=N–C) groups is 1. The summed E-state index contributed by atoms with van der Waals surface area (Å²) in [4.78, 5) is 31.3. The van der Waals surface area contributed by atoms with Crippen LogP contribution in [0.25, 0.3) is 0 Å². The minimum atomic E-state index is -1.87. The summed E-state index contributed by atoms with van der Waals surface area (Å²) in [6.45, 7) is 2.99. The zero-order valence-corrected chi connectivity index (χ0v) is 18.5. The number of carbonyl (C=O) groups excluding carboxylic acids is 2. The predicted molar refractivity (Wildman–Crippen MR) is 124 cm³/mol. The Labute approximate surface area is 192 Å². The summed E-state index contributed by atoms with van der Waals surface area (Å²) in [5.74, 6) is -1.47. The van der Waals surface area contributed by atoms with Crippen molar-refractivity contribution in [3.63, 3.8) is 0 Å². The second-order valence-corrected chi connectivity index (χ2v) is 8.34. The molecule has 0 radical (unpaired) electrons. The van der Waals surface area contributed by atoms with E-state index in [-0.39, 0.29) is 12.2 Å². The van der Waals surface area contributed by atoms with Crippen molar-refractivity contribution in [2.24, 2.45) is 4.99 Å². The molecule has 10 nitrogen and oxygen atoms in total. The molecule has 0 saturated carbocycles. The molecule has 1 unspecified atom stereocenters. The summed E-state index contributed by atoms with van der Waals surface area (Å²) in [6.07, 6.45) is 6.56. The van der Waals surface area contributed by atoms with Gasteiger partial charge in [0.25, 0.3) is 11.8 Å². The highest BCUT2D eigenvalue weighted by molar-refractivity contribution is 5.91. The second-order valence-electron chi connectivity index (χ2n) is 8.34. The van der Waals surface area contributed by atoms with E-state index in [4.69, 9.17) is 0 Å². The molecule has 33 heavy (non-hydrogen) atoms. The van der Waals surface area contributed by atoms with Crippen molar-refractivity contribution >= 4 is 23.7 Å². The van der Waals surface area contributed by atoms with Crippen LogP contribution in [-0.2, 0) is 9.59 Å². The average molecular weight is 455 g/mol. The number of carbonyl (C=O) groups is 2. The van der Waals surface area contributed by atoms with Gasteiger partial charge in [0.15, 0.2) is 12.2 Å². The fourth-order valence-electron chi connectivity index (χ4n) is 4.28. The first-order valence-electron chi connectivity index (χ1n) is 11.2. The molecular formula is C23H30N6O4. The van der Waals surface area contributed by atoms with Crippen molar-refractivity contribution in [3.8, 4) is 0 Å². The van der Waals surface area contributed by atoms with E-state index in [2.05, 4.69) is 21.1 Å². The summed E-state index contributed by atoms with van der Waals surface area (Å²) in [5.41, 5.74) is 4.97. The van der Waals surface area contributed by atoms with Gasteiger partial charge in [0.05, 0.1) is 17.8 Å². The van der Waals surface area contributed by atoms with Crippen LogP contribution in [0.3, 0.4) is 0 Å². The molecule has 2 amide bonds. The predicted octanol–water partition coefficient (Wildman–Crippen LogP) is -0.0713. The molecule has 5 N–H and O–H groups in total. The first-order valence-corrected chi connectivity index (χ1v) is 11.2. The molecule has 176 valence electrons. The van der Waals surface area contributed by atoms with E-state index in [0.29, 0.717) is 6.54 Å². The van der Waals surface area contributed by atoms with Crippen LogP contribution in [0.2, 0.25) is 0 Å². The summed E-state index contributed by atoms with van der Waals surface area (Å²) in [5, 5.41) is 28.6. The molecule has 4 rings (SSSR count). The quantitative estimate of drug-likeness (QED) is 0.390. The van der Waals surface area contributed by atoms with Crippen molar-refractivity contribution < 1.29 is 19.8 Å². The maximum atomic E-state index is 12.9. The molecule has 0 bridgehead atoms. The number of allylic oxidation sites excluding steroid dienone is 1. The number of hydrogen-bond donors (Lipinski definition) is 5. The van der Waals surface area contributed by atoms with Gasteiger partial charge in [-0.05, 0) is 49.7 Å². The lowest BCUT2D eigenvalue weighted by Gasteiger charge is -2.32. The van der Waals surface area contributed by atoms with Crippen molar-refractivity contribution in [2.75, 3.05) is 18.1 Å². The Morgan fingerprint density at radius 1 is 1.21 bits per heavy atom. The molecule has 0 spiro atoms. The van der Waals surface area contributed by atoms with E-state index in [1.54, 1.807) is 25.4 Å². The van der Waals surface area contributed by atoms with Gasteiger partial charge in [-0.3, -0.25) is 19.6 Å². The molecule has 0 aromatic heterocycles. The second kappa shape index (κ2) is 10.2. The van der Waals surface area contributed by atoms with Crippen LogP contribution >= 0.6 is 0 Å². The Bertz CT molecular complexity index is 947. The van der Waals surface area contributed by atoms with Crippen LogP contribution in [0.4, 0.5) is 5.69 Å². The number of aliphatic hydroxyl groups is 2. The molecule has 1 saturated heterocycles. The first kappa shape index (κ1) is 23.0. The lowest BCUT2D eigenvalue weighted by molar-refractivity contribution is -0.154. The zero-order valence-electron chi connectivity index (χ0n) is 18.5. The van der Waals surface area contributed by atoms with E-state index in [9.17, 15) is 19.8 Å². The molecule has 10 heteroatoms. The average Bonchev–Trinajstić information content (AvgIpc) is 3.56. The monoisotopic (exact) mass is 454 g/mol. The van der Waals surface area contributed by atoms with E-state index < -0.39 is 30.1 Å². The molecule has 0 aliphatic carbocycles. The molecule has 5 atom stereocenters. The third-order valence-electron chi connectivity index (χ3n) is 6.13. The topological polar surface area (TPSA) is 130 Å². The number of nitrogens with zero attached hydrogens (tertiary/aromatic N) is 3. The van der Waals surface area contributed by atoms with Gasteiger partial charge in [-0.1, -0.05) is 18.2 Å². The van der Waals surface area contributed by atoms with Gasteiger partial charge in [-0.25, -0.2) is 5.43 Å². The minimum Gasteiger partial charge on any atom is -0.380 e. The number of hydrogen-bond acceptors (Lipinski definition) is 8. The van der Waals surface area contributed by atoms with Crippen LogP contribution in [0.5, 0.6) is 0 Å². The number of aliphatic hydroxyl groups excluding tert-OH is 2. The molecular weight excluding hydrogens is 424 g/mol. The lowest BCUT2D eigenvalue weighted by atomic mass is 10.1. The number of anilines is 1. The zero-order chi connectivity index (χ0) is 23.4. The van der Waals surface area contributed by atoms with E-state index in [1.165, 1.54) is 4.90 Å². The summed E-state index contributed by atoms with van der Waals surface area (Å²) >= 11 is 0. The van der Waals surface area contributed by atoms with E-state index in [0.717, 1.165) is 30.6 Å². The Morgan fingerprint density at radius 3 is 2.67 bits per heavy atom. The molecule has 1 aromatic carbocycles. The molecule has 3 aliphatic heterocycles. The highest BCUT2D eigenvalue weighted by Crippen LogP contribution is 2.24. The van der Waals surface area contributed by atoms with Crippen LogP contribution in [0.1, 0.15) is 31.4 Å². The summed E-state index contributed by atoms with van der Waals surface area (Å²) < 4.78 is 0. The maximum Gasteiger partial charge on any atom is 0.255 e. The fourth-order valence-corrected chi connectivity index (χ4v) is 4.28. The highest BCUT2D eigenvalue weighted by atomic mass is 16.3. The maximum absolute atomic E-state index is 12.9. The van der Waals surface area contributed by atoms with Crippen LogP contribution < -0.4 is 21.1 Å². The van der Waals surface area contributed by atoms with Crippen molar-refractivity contribution in [1.82, 2.24) is 21.0 Å². The molecule has 1 fully saturated rings. The number of likely N-dealkylation sites (tertiary alicyclic amines) is 1. The summed E-state index contributed by atoms with van der Waals surface area (Å²) in [7, 11) is 0. The number of hydrazine groups is 1. The Morgan fingerprint density at radius 2 is 2.00 bits per heavy atom. The third-order valence-corrected chi connectivity index (χ3v) is 6.13. The Balaban J connectivity index is 1.33. The van der Waals surface area contributed by atoms with Gasteiger partial charge < -0.3 is 25.7 Å². The third kappa shape index (κ3) is 5.08. The van der Waals surface area contributed by atoms with Gasteiger partial charge >= 0.3 is 0 Å². The van der Waals surface area contributed by atoms with Crippen LogP contribution in [0.15, 0.2) is 53.8 Å². The summed E-state index contributed by atoms with van der Waals surface area (Å²) in [6, 6.07) is 6.92. The Kier molecular flexibility index (Phi) is 7.07. The van der Waals surface area contributed by atoms with Gasteiger partial charge in [0.1, 0.15) is 6.17 Å². The lowest BCUT2D eigenvalue weighted by Crippen LogP contribution is -2.55. The number of amides is 2. The molecule has 3 aliphatic rings. The Hall–Kier alpha value is -3.21. The highest BCUT2D eigenvalue weighted by Gasteiger charge is 2.40. The normalized spacial score (nSPS) is 24.5. The van der Waals surface area contributed by atoms with Crippen LogP contribution in [-0.4, -0.2) is 70.6 Å². The van der Waals surface area contributed by atoms with Crippen molar-refractivity contribution in [3.05, 3.63) is 54.4 Å². The van der Waals surface area contributed by atoms with Crippen LogP contribution in [0, 0.1) is 0 Å². The van der Waals surface area contributed by atoms with E-state index in [1.807, 2.05) is 41.6 Å². The van der Waals surface area contributed by atoms with Gasteiger partial charge in [-0.2, -0.15) is 0 Å². The number of benzene rings is 1. The number of rotatable bonds is 7. The standard InChI is InChI=1S/C23H30N6O4/c1-15(16-6-8-17(9-7-16)29-14-4-12-26-29)27-22(32)19(30)20(31)23(33)28-13-2-5-18(28)21-24-10-3-11-25-21/h3-4,6-11,14-15,18-21,24,26,30-31H,2,5,12-13H2,1H3,(H,27,32)/t15-,18-,19-,20-,21?/m1/s1. The number of nitrogens with one attached hydrogen (secondary N) is 3. The van der Waals surface area contributed by atoms with Gasteiger partial charge in [-0.15, -0.1) is 0 Å². The first-order chi connectivity index (χ1) is 16.0. The van der Waals surface area contributed by atoms with Crippen molar-refractivity contribution in [2.45, 2.75) is 50.2 Å². The van der Waals surface area contributed by atoms with Gasteiger partial charge in [0, 0.05) is 25.5 Å². The SMILES string of the molecule is C[C@@H](NC(=O)[C@H](O)[C@@H](O)C(=O)N1CCC[C@@H]1C1N=CC=CN1)c1ccc(N2C=CCN2)cc1. The molecule has 1 aromatic rings. The van der Waals surface area contributed by atoms with Crippen molar-refractivity contribution in [1.29, 1.82) is 0 Å². The van der Waals surface area contributed by atoms with Gasteiger partial charge in [0.2, 0.25) is 0 Å². The fraction of sp³-hybridized carbons (Fsp3) is 0.435. The minimum absolute atomic E-state index is 0.249.